The molecule has 1 aromatic rings. The average molecular weight is 327 g/mol. The zero-order valence-electron chi connectivity index (χ0n) is 12.0. The first-order valence-electron chi connectivity index (χ1n) is 7.38. The molecule has 1 amide bonds. The van der Waals surface area contributed by atoms with Crippen molar-refractivity contribution in [1.29, 1.82) is 0 Å². The number of rotatable bonds is 4. The van der Waals surface area contributed by atoms with Gasteiger partial charge in [0.1, 0.15) is 0 Å². The molecule has 22 heavy (non-hydrogen) atoms. The lowest BCUT2D eigenvalue weighted by Crippen LogP contribution is -2.47. The number of piperidine rings is 1. The van der Waals surface area contributed by atoms with Crippen LogP contribution in [0.4, 0.5) is 4.39 Å². The number of carbonyl (C=O) groups is 1. The lowest BCUT2D eigenvalue weighted by molar-refractivity contribution is 0.0919. The van der Waals surface area contributed by atoms with Crippen LogP contribution in [-0.2, 0) is 10.0 Å². The van der Waals surface area contributed by atoms with E-state index in [9.17, 15) is 17.6 Å². The lowest BCUT2D eigenvalue weighted by Gasteiger charge is -2.31. The van der Waals surface area contributed by atoms with Crippen LogP contribution in [0.1, 0.15) is 36.0 Å². The summed E-state index contributed by atoms with van der Waals surface area (Å²) in [7, 11) is -3.15. The first-order chi connectivity index (χ1) is 10.5. The summed E-state index contributed by atoms with van der Waals surface area (Å²) >= 11 is 0. The summed E-state index contributed by atoms with van der Waals surface area (Å²) in [5, 5.41) is 2.56. The molecule has 8 heteroatoms. The largest absolute Gasteiger partial charge is 0.349 e. The van der Waals surface area contributed by atoms with Gasteiger partial charge in [-0.2, -0.15) is 0 Å². The molecule has 0 aromatic carbocycles. The van der Waals surface area contributed by atoms with Crippen LogP contribution in [0.25, 0.3) is 0 Å². The minimum atomic E-state index is -3.15. The molecule has 2 heterocycles. The monoisotopic (exact) mass is 327 g/mol. The number of sulfonamides is 1. The maximum atomic E-state index is 13.5. The van der Waals surface area contributed by atoms with Crippen molar-refractivity contribution in [3.8, 4) is 0 Å². The predicted molar refractivity (Wildman–Crippen MR) is 78.2 cm³/mol. The van der Waals surface area contributed by atoms with Gasteiger partial charge in [0.15, 0.2) is 5.82 Å². The van der Waals surface area contributed by atoms with Gasteiger partial charge in [-0.3, -0.25) is 9.78 Å². The smallest absolute Gasteiger partial charge is 0.254 e. The Morgan fingerprint density at radius 1 is 1.27 bits per heavy atom. The number of carbonyl (C=O) groups excluding carboxylic acids is 1. The van der Waals surface area contributed by atoms with Crippen molar-refractivity contribution < 1.29 is 17.6 Å². The molecule has 1 N–H and O–H groups in total. The van der Waals surface area contributed by atoms with E-state index in [1.807, 2.05) is 0 Å². The van der Waals surface area contributed by atoms with Gasteiger partial charge in [0.25, 0.3) is 5.91 Å². The Kier molecular flexibility index (Phi) is 4.14. The summed E-state index contributed by atoms with van der Waals surface area (Å²) < 4.78 is 39.3. The number of nitrogens with zero attached hydrogens (tertiary/aromatic N) is 2. The second-order valence-corrected chi connectivity index (χ2v) is 7.96. The quantitative estimate of drug-likeness (QED) is 0.891. The van der Waals surface area contributed by atoms with Crippen LogP contribution >= 0.6 is 0 Å². The summed E-state index contributed by atoms with van der Waals surface area (Å²) in [6, 6.07) is 1.20. The van der Waals surface area contributed by atoms with Crippen LogP contribution in [0.3, 0.4) is 0 Å². The van der Waals surface area contributed by atoms with Crippen molar-refractivity contribution >= 4 is 15.9 Å². The minimum Gasteiger partial charge on any atom is -0.349 e. The van der Waals surface area contributed by atoms with Gasteiger partial charge in [0.2, 0.25) is 10.0 Å². The summed E-state index contributed by atoms with van der Waals surface area (Å²) in [5.41, 5.74) is -0.0389. The van der Waals surface area contributed by atoms with E-state index in [-0.39, 0.29) is 16.9 Å². The number of nitrogens with one attached hydrogen (secondary N) is 1. The SMILES string of the molecule is O=C(NC1CCN(S(=O)(=O)C2CC2)CC1)c1ccncc1F. The van der Waals surface area contributed by atoms with Crippen molar-refractivity contribution in [3.05, 3.63) is 29.8 Å². The van der Waals surface area contributed by atoms with Crippen LogP contribution in [0.15, 0.2) is 18.5 Å². The number of amides is 1. The summed E-state index contributed by atoms with van der Waals surface area (Å²) in [6.07, 6.45) is 4.96. The van der Waals surface area contributed by atoms with Crippen molar-refractivity contribution in [2.75, 3.05) is 13.1 Å². The first kappa shape index (κ1) is 15.4. The number of hydrogen-bond acceptors (Lipinski definition) is 4. The number of pyridine rings is 1. The summed E-state index contributed by atoms with van der Waals surface area (Å²) in [4.78, 5) is 15.6. The normalized spacial score (nSPS) is 20.8. The van der Waals surface area contributed by atoms with Crippen molar-refractivity contribution in [2.24, 2.45) is 0 Å². The van der Waals surface area contributed by atoms with Crippen LogP contribution in [-0.4, -0.2) is 48.0 Å². The van der Waals surface area contributed by atoms with Gasteiger partial charge in [0.05, 0.1) is 17.0 Å². The van der Waals surface area contributed by atoms with Gasteiger partial charge in [-0.25, -0.2) is 17.1 Å². The Bertz CT molecular complexity index is 668. The second kappa shape index (κ2) is 5.92. The number of hydrogen-bond donors (Lipinski definition) is 1. The third kappa shape index (κ3) is 3.12. The van der Waals surface area contributed by atoms with E-state index in [1.54, 1.807) is 0 Å². The molecule has 0 radical (unpaired) electrons. The fourth-order valence-electron chi connectivity index (χ4n) is 2.65. The Labute approximate surface area is 128 Å². The van der Waals surface area contributed by atoms with E-state index in [0.29, 0.717) is 25.9 Å². The minimum absolute atomic E-state index is 0.0389. The van der Waals surface area contributed by atoms with Crippen LogP contribution in [0.2, 0.25) is 0 Å². The van der Waals surface area contributed by atoms with Crippen LogP contribution < -0.4 is 5.32 Å². The van der Waals surface area contributed by atoms with Gasteiger partial charge in [0, 0.05) is 25.3 Å². The highest BCUT2D eigenvalue weighted by molar-refractivity contribution is 7.90. The fourth-order valence-corrected chi connectivity index (χ4v) is 4.53. The zero-order valence-corrected chi connectivity index (χ0v) is 12.9. The highest BCUT2D eigenvalue weighted by atomic mass is 32.2. The molecule has 0 unspecified atom stereocenters. The highest BCUT2D eigenvalue weighted by Crippen LogP contribution is 2.32. The molecular weight excluding hydrogens is 309 g/mol. The molecule has 120 valence electrons. The Morgan fingerprint density at radius 2 is 1.95 bits per heavy atom. The third-order valence-corrected chi connectivity index (χ3v) is 6.51. The molecule has 0 atom stereocenters. The molecule has 3 rings (SSSR count). The summed E-state index contributed by atoms with van der Waals surface area (Å²) in [5.74, 6) is -1.14. The van der Waals surface area contributed by atoms with Crippen molar-refractivity contribution in [1.82, 2.24) is 14.6 Å². The van der Waals surface area contributed by atoms with E-state index >= 15 is 0 Å². The molecule has 1 aliphatic carbocycles. The molecule has 1 saturated carbocycles. The van der Waals surface area contributed by atoms with E-state index in [4.69, 9.17) is 0 Å². The first-order valence-corrected chi connectivity index (χ1v) is 8.88. The number of halogens is 1. The Morgan fingerprint density at radius 3 is 2.55 bits per heavy atom. The Balaban J connectivity index is 1.56. The van der Waals surface area contributed by atoms with Crippen molar-refractivity contribution in [2.45, 2.75) is 37.0 Å². The number of aromatic nitrogens is 1. The zero-order chi connectivity index (χ0) is 15.7. The van der Waals surface area contributed by atoms with Gasteiger partial charge in [-0.05, 0) is 31.7 Å². The van der Waals surface area contributed by atoms with E-state index in [2.05, 4.69) is 10.3 Å². The standard InChI is InChI=1S/C14H18FN3O3S/c15-13-9-16-6-3-12(13)14(19)17-10-4-7-18(8-5-10)22(20,21)11-1-2-11/h3,6,9-11H,1-2,4-5,7-8H2,(H,17,19). The molecule has 2 fully saturated rings. The van der Waals surface area contributed by atoms with Gasteiger partial charge >= 0.3 is 0 Å². The molecule has 0 spiro atoms. The maximum Gasteiger partial charge on any atom is 0.254 e. The lowest BCUT2D eigenvalue weighted by atomic mass is 10.1. The van der Waals surface area contributed by atoms with E-state index in [1.165, 1.54) is 16.6 Å². The predicted octanol–water partition coefficient (Wildman–Crippen LogP) is 0.907. The Hall–Kier alpha value is -1.54. The van der Waals surface area contributed by atoms with Gasteiger partial charge < -0.3 is 5.32 Å². The highest BCUT2D eigenvalue weighted by Gasteiger charge is 2.41. The fraction of sp³-hybridized carbons (Fsp3) is 0.571. The molecule has 1 aliphatic heterocycles. The topological polar surface area (TPSA) is 79.4 Å². The van der Waals surface area contributed by atoms with Gasteiger partial charge in [-0.1, -0.05) is 0 Å². The summed E-state index contributed by atoms with van der Waals surface area (Å²) in [6.45, 7) is 0.811. The van der Waals surface area contributed by atoms with Crippen molar-refractivity contribution in [3.63, 3.8) is 0 Å². The van der Waals surface area contributed by atoms with E-state index in [0.717, 1.165) is 19.0 Å². The molecule has 0 bridgehead atoms. The van der Waals surface area contributed by atoms with Gasteiger partial charge in [-0.15, -0.1) is 0 Å². The molecule has 6 nitrogen and oxygen atoms in total. The molecule has 1 saturated heterocycles. The third-order valence-electron chi connectivity index (χ3n) is 4.11. The van der Waals surface area contributed by atoms with Crippen LogP contribution in [0.5, 0.6) is 0 Å². The van der Waals surface area contributed by atoms with Crippen LogP contribution in [0, 0.1) is 5.82 Å². The second-order valence-electron chi connectivity index (χ2n) is 5.75. The maximum absolute atomic E-state index is 13.5. The molecular formula is C14H18FN3O3S. The molecule has 1 aromatic heterocycles. The molecule has 2 aliphatic rings. The average Bonchev–Trinajstić information content (AvgIpc) is 3.33. The van der Waals surface area contributed by atoms with E-state index < -0.39 is 21.7 Å².